The molecule has 1 N–H and O–H groups in total. The number of para-hydroxylation sites is 1. The number of pyridine rings is 2. The molecule has 5 nitrogen and oxygen atoms in total. The number of fused-ring (bicyclic) bond motifs is 1. The van der Waals surface area contributed by atoms with Gasteiger partial charge in [-0.3, -0.25) is 14.8 Å². The Morgan fingerprint density at radius 3 is 2.84 bits per heavy atom. The van der Waals surface area contributed by atoms with Crippen molar-refractivity contribution in [2.75, 3.05) is 13.2 Å². The summed E-state index contributed by atoms with van der Waals surface area (Å²) in [6, 6.07) is 13.6. The number of rotatable bonds is 7. The van der Waals surface area contributed by atoms with Gasteiger partial charge in [0.2, 0.25) is 5.91 Å². The van der Waals surface area contributed by atoms with Crippen molar-refractivity contribution in [1.29, 1.82) is 0 Å². The van der Waals surface area contributed by atoms with Crippen molar-refractivity contribution in [3.63, 3.8) is 0 Å². The molecule has 2 aromatic heterocycles. The van der Waals surface area contributed by atoms with Gasteiger partial charge < -0.3 is 10.1 Å². The maximum absolute atomic E-state index is 11.9. The summed E-state index contributed by atoms with van der Waals surface area (Å²) in [5.41, 5.74) is 2.73. The maximum Gasteiger partial charge on any atom is 0.224 e. The molecule has 3 rings (SSSR count). The number of hydrogen-bond acceptors (Lipinski definition) is 4. The van der Waals surface area contributed by atoms with E-state index in [0.29, 0.717) is 19.6 Å². The van der Waals surface area contributed by atoms with Crippen LogP contribution in [0, 0.1) is 6.92 Å². The van der Waals surface area contributed by atoms with Gasteiger partial charge in [-0.1, -0.05) is 24.3 Å². The molecule has 0 aliphatic rings. The predicted molar refractivity (Wildman–Crippen MR) is 97.5 cm³/mol. The first kappa shape index (κ1) is 16.9. The molecule has 0 bridgehead atoms. The zero-order valence-electron chi connectivity index (χ0n) is 14.2. The van der Waals surface area contributed by atoms with Crippen LogP contribution in [0.2, 0.25) is 0 Å². The predicted octanol–water partition coefficient (Wildman–Crippen LogP) is 3.07. The number of nitrogens with zero attached hydrogens (tertiary/aromatic N) is 2. The lowest BCUT2D eigenvalue weighted by Crippen LogP contribution is -2.27. The van der Waals surface area contributed by atoms with E-state index in [1.54, 1.807) is 12.4 Å². The van der Waals surface area contributed by atoms with Gasteiger partial charge >= 0.3 is 0 Å². The topological polar surface area (TPSA) is 64.1 Å². The molecule has 1 aromatic carbocycles. The lowest BCUT2D eigenvalue weighted by atomic mass is 10.2. The fourth-order valence-corrected chi connectivity index (χ4v) is 2.53. The molecule has 0 aliphatic carbocycles. The Kier molecular flexibility index (Phi) is 5.57. The van der Waals surface area contributed by atoms with E-state index in [1.165, 1.54) is 0 Å². The summed E-state index contributed by atoms with van der Waals surface area (Å²) >= 11 is 0. The minimum Gasteiger partial charge on any atom is -0.491 e. The molecular weight excluding hydrogens is 314 g/mol. The van der Waals surface area contributed by atoms with Crippen LogP contribution >= 0.6 is 0 Å². The van der Waals surface area contributed by atoms with Gasteiger partial charge in [0.1, 0.15) is 11.3 Å². The van der Waals surface area contributed by atoms with Gasteiger partial charge in [-0.25, -0.2) is 0 Å². The number of carbonyl (C=O) groups excluding carboxylic acids is 1. The number of aryl methyl sites for hydroxylation is 1. The fourth-order valence-electron chi connectivity index (χ4n) is 2.53. The number of carbonyl (C=O) groups is 1. The van der Waals surface area contributed by atoms with Crippen LogP contribution in [0.5, 0.6) is 5.75 Å². The Bertz CT molecular complexity index is 842. The first-order chi connectivity index (χ1) is 12.2. The monoisotopic (exact) mass is 335 g/mol. The van der Waals surface area contributed by atoms with Crippen LogP contribution in [0.3, 0.4) is 0 Å². The molecule has 1 amide bonds. The average molecular weight is 335 g/mol. The van der Waals surface area contributed by atoms with E-state index in [9.17, 15) is 4.79 Å². The highest BCUT2D eigenvalue weighted by molar-refractivity contribution is 5.84. The second-order valence-electron chi connectivity index (χ2n) is 5.87. The van der Waals surface area contributed by atoms with E-state index in [2.05, 4.69) is 15.3 Å². The summed E-state index contributed by atoms with van der Waals surface area (Å²) in [6.45, 7) is 3.04. The van der Waals surface area contributed by atoms with Crippen molar-refractivity contribution in [2.45, 2.75) is 19.8 Å². The number of benzene rings is 1. The molecule has 0 unspecified atom stereocenters. The summed E-state index contributed by atoms with van der Waals surface area (Å²) in [7, 11) is 0. The Balaban J connectivity index is 1.41. The third kappa shape index (κ3) is 4.76. The quantitative estimate of drug-likeness (QED) is 0.674. The van der Waals surface area contributed by atoms with Crippen LogP contribution in [0.25, 0.3) is 10.9 Å². The van der Waals surface area contributed by atoms with Crippen LogP contribution in [0.4, 0.5) is 0 Å². The molecule has 5 heteroatoms. The van der Waals surface area contributed by atoms with Crippen molar-refractivity contribution < 1.29 is 9.53 Å². The third-order valence-electron chi connectivity index (χ3n) is 3.83. The second-order valence-corrected chi connectivity index (χ2v) is 5.87. The smallest absolute Gasteiger partial charge is 0.224 e. The van der Waals surface area contributed by atoms with E-state index in [4.69, 9.17) is 4.74 Å². The van der Waals surface area contributed by atoms with Crippen molar-refractivity contribution >= 4 is 16.8 Å². The maximum atomic E-state index is 11.9. The highest BCUT2D eigenvalue weighted by atomic mass is 16.5. The normalized spacial score (nSPS) is 10.6. The minimum absolute atomic E-state index is 0.00233. The average Bonchev–Trinajstić information content (AvgIpc) is 2.63. The number of amides is 1. The first-order valence-corrected chi connectivity index (χ1v) is 8.37. The largest absolute Gasteiger partial charge is 0.491 e. The van der Waals surface area contributed by atoms with Crippen LogP contribution in [-0.2, 0) is 11.2 Å². The van der Waals surface area contributed by atoms with E-state index in [1.807, 2.05) is 49.4 Å². The van der Waals surface area contributed by atoms with E-state index < -0.39 is 0 Å². The molecule has 0 spiro atoms. The lowest BCUT2D eigenvalue weighted by molar-refractivity contribution is -0.120. The Labute approximate surface area is 147 Å². The van der Waals surface area contributed by atoms with Crippen LogP contribution < -0.4 is 10.1 Å². The first-order valence-electron chi connectivity index (χ1n) is 8.37. The van der Waals surface area contributed by atoms with E-state index >= 15 is 0 Å². The Hall–Kier alpha value is -2.95. The molecule has 0 fully saturated rings. The summed E-state index contributed by atoms with van der Waals surface area (Å²) < 4.78 is 5.81. The number of hydrogen-bond donors (Lipinski definition) is 1. The zero-order chi connectivity index (χ0) is 17.5. The highest BCUT2D eigenvalue weighted by Crippen LogP contribution is 2.22. The SMILES string of the molecule is Cc1ccc(CC(=O)NCCCOc2cccc3cccnc23)cn1. The van der Waals surface area contributed by atoms with Gasteiger partial charge in [0.15, 0.2) is 0 Å². The third-order valence-corrected chi connectivity index (χ3v) is 3.83. The highest BCUT2D eigenvalue weighted by Gasteiger charge is 2.04. The van der Waals surface area contributed by atoms with Crippen molar-refractivity contribution in [3.8, 4) is 5.75 Å². The second kappa shape index (κ2) is 8.24. The molecule has 0 aliphatic heterocycles. The van der Waals surface area contributed by atoms with Gasteiger partial charge in [0.25, 0.3) is 0 Å². The van der Waals surface area contributed by atoms with Crippen LogP contribution in [-0.4, -0.2) is 29.0 Å². The van der Waals surface area contributed by atoms with Gasteiger partial charge in [-0.05, 0) is 37.1 Å². The molecule has 128 valence electrons. The molecule has 0 radical (unpaired) electrons. The Morgan fingerprint density at radius 1 is 1.12 bits per heavy atom. The number of nitrogens with one attached hydrogen (secondary N) is 1. The lowest BCUT2D eigenvalue weighted by Gasteiger charge is -2.09. The van der Waals surface area contributed by atoms with Gasteiger partial charge in [0.05, 0.1) is 13.0 Å². The van der Waals surface area contributed by atoms with E-state index in [0.717, 1.165) is 34.3 Å². The van der Waals surface area contributed by atoms with Gasteiger partial charge in [0, 0.05) is 30.0 Å². The standard InChI is InChI=1S/C20H21N3O2/c1-15-8-9-16(14-23-15)13-19(24)21-11-4-12-25-18-7-2-5-17-6-3-10-22-20(17)18/h2-3,5-10,14H,4,11-13H2,1H3,(H,21,24). The minimum atomic E-state index is -0.00233. The molecule has 0 saturated carbocycles. The van der Waals surface area contributed by atoms with Crippen LogP contribution in [0.1, 0.15) is 17.7 Å². The number of aromatic nitrogens is 2. The summed E-state index contributed by atoms with van der Waals surface area (Å²) in [5, 5.41) is 3.96. The van der Waals surface area contributed by atoms with Gasteiger partial charge in [-0.15, -0.1) is 0 Å². The van der Waals surface area contributed by atoms with Crippen molar-refractivity contribution in [3.05, 3.63) is 66.1 Å². The van der Waals surface area contributed by atoms with Crippen molar-refractivity contribution in [2.24, 2.45) is 0 Å². The zero-order valence-corrected chi connectivity index (χ0v) is 14.2. The molecule has 3 aromatic rings. The van der Waals surface area contributed by atoms with E-state index in [-0.39, 0.29) is 5.91 Å². The molecule has 0 saturated heterocycles. The fraction of sp³-hybridized carbons (Fsp3) is 0.250. The van der Waals surface area contributed by atoms with Crippen molar-refractivity contribution in [1.82, 2.24) is 15.3 Å². The summed E-state index contributed by atoms with van der Waals surface area (Å²) in [5.74, 6) is 0.771. The molecule has 0 atom stereocenters. The number of ether oxygens (including phenoxy) is 1. The molecular formula is C20H21N3O2. The molecule has 2 heterocycles. The van der Waals surface area contributed by atoms with Crippen LogP contribution in [0.15, 0.2) is 54.9 Å². The summed E-state index contributed by atoms with van der Waals surface area (Å²) in [6.07, 6.45) is 4.59. The van der Waals surface area contributed by atoms with Gasteiger partial charge in [-0.2, -0.15) is 0 Å². The Morgan fingerprint density at radius 2 is 2.00 bits per heavy atom. The summed E-state index contributed by atoms with van der Waals surface area (Å²) in [4.78, 5) is 20.5. The molecule has 25 heavy (non-hydrogen) atoms.